The van der Waals surface area contributed by atoms with Gasteiger partial charge in [0.1, 0.15) is 5.82 Å². The summed E-state index contributed by atoms with van der Waals surface area (Å²) in [6.07, 6.45) is 3.77. The number of nitrogens with one attached hydrogen (secondary N) is 1. The minimum Gasteiger partial charge on any atom is -0.317 e. The Labute approximate surface area is 167 Å². The van der Waals surface area contributed by atoms with Gasteiger partial charge in [0.15, 0.2) is 5.17 Å². The molecule has 1 saturated heterocycles. The first-order chi connectivity index (χ1) is 13.1. The molecule has 0 unspecified atom stereocenters. The molecule has 4 rings (SSSR count). The minimum absolute atomic E-state index is 0.204. The van der Waals surface area contributed by atoms with Gasteiger partial charge in [0, 0.05) is 22.1 Å². The Morgan fingerprint density at radius 3 is 2.56 bits per heavy atom. The van der Waals surface area contributed by atoms with Crippen molar-refractivity contribution in [3.8, 4) is 5.69 Å². The van der Waals surface area contributed by atoms with E-state index in [4.69, 9.17) is 0 Å². The number of amidine groups is 1. The second-order valence-electron chi connectivity index (χ2n) is 5.74. The van der Waals surface area contributed by atoms with Gasteiger partial charge in [-0.15, -0.1) is 0 Å². The van der Waals surface area contributed by atoms with Crippen LogP contribution in [0.1, 0.15) is 5.69 Å². The molecule has 0 saturated carbocycles. The van der Waals surface area contributed by atoms with E-state index in [1.54, 1.807) is 12.1 Å². The largest absolute Gasteiger partial charge is 0.317 e. The first kappa shape index (κ1) is 17.8. The number of benzene rings is 2. The second kappa shape index (κ2) is 7.54. The molecule has 1 aromatic heterocycles. The summed E-state index contributed by atoms with van der Waals surface area (Å²) in [5.41, 5.74) is 2.47. The number of aliphatic imine (C=N–C) groups is 1. The van der Waals surface area contributed by atoms with Crippen molar-refractivity contribution >= 4 is 50.5 Å². The molecule has 0 radical (unpaired) electrons. The van der Waals surface area contributed by atoms with E-state index < -0.39 is 0 Å². The molecule has 2 aromatic carbocycles. The first-order valence-electron chi connectivity index (χ1n) is 8.07. The topological polar surface area (TPSA) is 46.4 Å². The summed E-state index contributed by atoms with van der Waals surface area (Å²) in [4.78, 5) is 17.2. The molecule has 2 heterocycles. The third-order valence-electron chi connectivity index (χ3n) is 3.87. The normalized spacial score (nSPS) is 16.9. The fourth-order valence-electron chi connectivity index (χ4n) is 2.60. The standard InChI is InChI=1S/C20H13BrFN3OS/c21-13-3-9-16(10-4-13)25-11-1-2-17(25)12-18-19(26)24-20(27-18)23-15-7-5-14(22)6-8-15/h1-12H,(H,23,24,26)/b18-12+. The van der Waals surface area contributed by atoms with Crippen LogP contribution in [0.25, 0.3) is 11.8 Å². The van der Waals surface area contributed by atoms with Gasteiger partial charge in [-0.25, -0.2) is 9.38 Å². The number of rotatable bonds is 3. The van der Waals surface area contributed by atoms with Gasteiger partial charge in [0.25, 0.3) is 5.91 Å². The number of carbonyl (C=O) groups excluding carboxylic acids is 1. The van der Waals surface area contributed by atoms with E-state index in [0.717, 1.165) is 15.9 Å². The molecule has 0 atom stereocenters. The molecule has 1 amide bonds. The molecule has 1 N–H and O–H groups in total. The molecular weight excluding hydrogens is 429 g/mol. The van der Waals surface area contributed by atoms with Crippen molar-refractivity contribution in [2.24, 2.45) is 4.99 Å². The molecule has 3 aromatic rings. The maximum atomic E-state index is 13.0. The zero-order valence-corrected chi connectivity index (χ0v) is 16.3. The highest BCUT2D eigenvalue weighted by molar-refractivity contribution is 9.10. The highest BCUT2D eigenvalue weighted by Crippen LogP contribution is 2.29. The van der Waals surface area contributed by atoms with E-state index in [0.29, 0.717) is 15.8 Å². The Morgan fingerprint density at radius 2 is 1.81 bits per heavy atom. The number of hydrogen-bond acceptors (Lipinski definition) is 3. The summed E-state index contributed by atoms with van der Waals surface area (Å²) in [6.45, 7) is 0. The summed E-state index contributed by atoms with van der Waals surface area (Å²) in [5.74, 6) is -0.527. The second-order valence-corrected chi connectivity index (χ2v) is 7.68. The Balaban J connectivity index is 1.60. The number of aromatic nitrogens is 1. The zero-order chi connectivity index (χ0) is 18.8. The van der Waals surface area contributed by atoms with Crippen molar-refractivity contribution in [1.82, 2.24) is 9.88 Å². The maximum absolute atomic E-state index is 13.0. The van der Waals surface area contributed by atoms with Crippen molar-refractivity contribution in [2.75, 3.05) is 0 Å². The van der Waals surface area contributed by atoms with Gasteiger partial charge >= 0.3 is 0 Å². The van der Waals surface area contributed by atoms with E-state index in [1.807, 2.05) is 53.2 Å². The fourth-order valence-corrected chi connectivity index (χ4v) is 3.69. The number of halogens is 2. The lowest BCUT2D eigenvalue weighted by Gasteiger charge is -2.07. The SMILES string of the molecule is O=C1NC(=Nc2ccc(F)cc2)S/C1=C/c1cccn1-c1ccc(Br)cc1. The van der Waals surface area contributed by atoms with E-state index >= 15 is 0 Å². The van der Waals surface area contributed by atoms with Crippen LogP contribution >= 0.6 is 27.7 Å². The van der Waals surface area contributed by atoms with Crippen LogP contribution in [0.5, 0.6) is 0 Å². The minimum atomic E-state index is -0.323. The zero-order valence-electron chi connectivity index (χ0n) is 13.9. The third kappa shape index (κ3) is 4.04. The third-order valence-corrected chi connectivity index (χ3v) is 5.31. The predicted molar refractivity (Wildman–Crippen MR) is 111 cm³/mol. The lowest BCUT2D eigenvalue weighted by atomic mass is 10.3. The van der Waals surface area contributed by atoms with Gasteiger partial charge in [-0.2, -0.15) is 0 Å². The van der Waals surface area contributed by atoms with E-state index in [2.05, 4.69) is 26.2 Å². The van der Waals surface area contributed by atoms with Gasteiger partial charge in [-0.3, -0.25) is 4.79 Å². The van der Waals surface area contributed by atoms with E-state index in [-0.39, 0.29) is 11.7 Å². The molecule has 27 heavy (non-hydrogen) atoms. The molecule has 0 bridgehead atoms. The quantitative estimate of drug-likeness (QED) is 0.562. The van der Waals surface area contributed by atoms with Crippen LogP contribution in [0.2, 0.25) is 0 Å². The molecule has 1 aliphatic heterocycles. The highest BCUT2D eigenvalue weighted by atomic mass is 79.9. The smallest absolute Gasteiger partial charge is 0.264 e. The summed E-state index contributed by atoms with van der Waals surface area (Å²) in [7, 11) is 0. The van der Waals surface area contributed by atoms with Crippen LogP contribution in [0.3, 0.4) is 0 Å². The fraction of sp³-hybridized carbons (Fsp3) is 0. The van der Waals surface area contributed by atoms with Crippen molar-refractivity contribution in [1.29, 1.82) is 0 Å². The molecule has 134 valence electrons. The van der Waals surface area contributed by atoms with Gasteiger partial charge in [-0.05, 0) is 78.5 Å². The average molecular weight is 442 g/mol. The van der Waals surface area contributed by atoms with Gasteiger partial charge in [-0.1, -0.05) is 15.9 Å². The van der Waals surface area contributed by atoms with Crippen LogP contribution in [0.15, 0.2) is 81.2 Å². The lowest BCUT2D eigenvalue weighted by Crippen LogP contribution is -2.19. The molecule has 7 heteroatoms. The van der Waals surface area contributed by atoms with Crippen molar-refractivity contribution in [3.05, 3.63) is 87.7 Å². The predicted octanol–water partition coefficient (Wildman–Crippen LogP) is 5.27. The van der Waals surface area contributed by atoms with Crippen LogP contribution < -0.4 is 5.32 Å². The lowest BCUT2D eigenvalue weighted by molar-refractivity contribution is -0.115. The van der Waals surface area contributed by atoms with E-state index in [1.165, 1.54) is 23.9 Å². The van der Waals surface area contributed by atoms with Gasteiger partial charge < -0.3 is 9.88 Å². The average Bonchev–Trinajstić information content (AvgIpc) is 3.25. The summed E-state index contributed by atoms with van der Waals surface area (Å²) < 4.78 is 16.0. The number of thioether (sulfide) groups is 1. The van der Waals surface area contributed by atoms with Crippen molar-refractivity contribution < 1.29 is 9.18 Å². The maximum Gasteiger partial charge on any atom is 0.264 e. The Morgan fingerprint density at radius 1 is 1.07 bits per heavy atom. The number of amides is 1. The first-order valence-corrected chi connectivity index (χ1v) is 9.68. The Hall–Kier alpha value is -2.64. The van der Waals surface area contributed by atoms with Crippen LogP contribution in [-0.4, -0.2) is 15.6 Å². The van der Waals surface area contributed by atoms with E-state index in [9.17, 15) is 9.18 Å². The Kier molecular flexibility index (Phi) is 4.96. The molecule has 4 nitrogen and oxygen atoms in total. The molecule has 1 aliphatic rings. The van der Waals surface area contributed by atoms with Crippen LogP contribution in [0.4, 0.5) is 10.1 Å². The number of hydrogen-bond donors (Lipinski definition) is 1. The van der Waals surface area contributed by atoms with Crippen LogP contribution in [-0.2, 0) is 4.79 Å². The van der Waals surface area contributed by atoms with Gasteiger partial charge in [0.05, 0.1) is 10.6 Å². The monoisotopic (exact) mass is 441 g/mol. The highest BCUT2D eigenvalue weighted by Gasteiger charge is 2.24. The summed E-state index contributed by atoms with van der Waals surface area (Å²) in [5, 5.41) is 3.21. The molecule has 1 fully saturated rings. The molecular formula is C20H13BrFN3OS. The number of carbonyl (C=O) groups is 1. The molecule has 0 aliphatic carbocycles. The Bertz CT molecular complexity index is 1060. The molecule has 0 spiro atoms. The van der Waals surface area contributed by atoms with Crippen LogP contribution in [0, 0.1) is 5.82 Å². The number of nitrogens with zero attached hydrogens (tertiary/aromatic N) is 2. The van der Waals surface area contributed by atoms with Gasteiger partial charge in [0.2, 0.25) is 0 Å². The summed E-state index contributed by atoms with van der Waals surface area (Å²) >= 11 is 4.69. The van der Waals surface area contributed by atoms with Crippen molar-refractivity contribution in [3.63, 3.8) is 0 Å². The summed E-state index contributed by atoms with van der Waals surface area (Å²) in [6, 6.07) is 17.6. The van der Waals surface area contributed by atoms with Crippen molar-refractivity contribution in [2.45, 2.75) is 0 Å².